The van der Waals surface area contributed by atoms with Crippen LogP contribution in [0.4, 0.5) is 17.1 Å². The summed E-state index contributed by atoms with van der Waals surface area (Å²) in [5.74, 6) is 0. The Morgan fingerprint density at radius 1 is 1.45 bits per heavy atom. The Hall–Kier alpha value is -1.82. The number of anilines is 2. The van der Waals surface area contributed by atoms with Crippen molar-refractivity contribution in [3.63, 3.8) is 0 Å². The van der Waals surface area contributed by atoms with Crippen LogP contribution in [0.2, 0.25) is 0 Å². The highest BCUT2D eigenvalue weighted by molar-refractivity contribution is 5.74. The van der Waals surface area contributed by atoms with Gasteiger partial charge < -0.3 is 16.0 Å². The predicted octanol–water partition coefficient (Wildman–Crippen LogP) is 2.32. The minimum Gasteiger partial charge on any atom is -0.393 e. The second-order valence-electron chi connectivity index (χ2n) is 5.97. The molecule has 110 valence electrons. The van der Waals surface area contributed by atoms with Crippen LogP contribution < -0.4 is 11.1 Å². The lowest BCUT2D eigenvalue weighted by molar-refractivity contribution is -0.383. The third kappa shape index (κ3) is 3.19. The zero-order valence-electron chi connectivity index (χ0n) is 12.1. The van der Waals surface area contributed by atoms with E-state index in [0.717, 1.165) is 32.5 Å². The number of hydrogen-bond donors (Lipinski definition) is 2. The Bertz CT molecular complexity index is 496. The number of rotatable bonds is 4. The largest absolute Gasteiger partial charge is 0.393 e. The molecule has 6 heteroatoms. The van der Waals surface area contributed by atoms with E-state index in [-0.39, 0.29) is 16.8 Å². The Kier molecular flexibility index (Phi) is 4.13. The van der Waals surface area contributed by atoms with Crippen molar-refractivity contribution in [2.24, 2.45) is 5.41 Å². The van der Waals surface area contributed by atoms with Crippen molar-refractivity contribution in [2.45, 2.75) is 19.8 Å². The molecule has 1 aromatic carbocycles. The number of hydrogen-bond acceptors (Lipinski definition) is 5. The topological polar surface area (TPSA) is 84.4 Å². The van der Waals surface area contributed by atoms with Crippen LogP contribution in [0.15, 0.2) is 18.2 Å². The van der Waals surface area contributed by atoms with E-state index in [1.54, 1.807) is 18.2 Å². The molecular weight excluding hydrogens is 256 g/mol. The van der Waals surface area contributed by atoms with Crippen molar-refractivity contribution in [3.8, 4) is 0 Å². The van der Waals surface area contributed by atoms with Crippen LogP contribution in [0, 0.1) is 15.5 Å². The fourth-order valence-electron chi connectivity index (χ4n) is 2.55. The lowest BCUT2D eigenvalue weighted by Crippen LogP contribution is -2.40. The molecule has 1 aromatic rings. The first-order valence-corrected chi connectivity index (χ1v) is 6.87. The summed E-state index contributed by atoms with van der Waals surface area (Å²) in [6.07, 6.45) is 2.18. The molecule has 0 aromatic heterocycles. The monoisotopic (exact) mass is 278 g/mol. The molecule has 0 amide bonds. The SMILES string of the molecule is CN1CCC(C)(CNc2cccc(N)c2[N+](=O)[O-])CC1. The smallest absolute Gasteiger partial charge is 0.314 e. The van der Waals surface area contributed by atoms with E-state index in [1.807, 2.05) is 0 Å². The number of likely N-dealkylation sites (tertiary alicyclic amines) is 1. The van der Waals surface area contributed by atoms with Crippen molar-refractivity contribution >= 4 is 17.1 Å². The van der Waals surface area contributed by atoms with Gasteiger partial charge in [-0.2, -0.15) is 0 Å². The lowest BCUT2D eigenvalue weighted by Gasteiger charge is -2.38. The van der Waals surface area contributed by atoms with E-state index in [2.05, 4.69) is 24.2 Å². The molecule has 1 aliphatic heterocycles. The Labute approximate surface area is 119 Å². The first-order chi connectivity index (χ1) is 9.41. The van der Waals surface area contributed by atoms with Crippen LogP contribution in [-0.4, -0.2) is 36.5 Å². The highest BCUT2D eigenvalue weighted by atomic mass is 16.6. The zero-order chi connectivity index (χ0) is 14.8. The van der Waals surface area contributed by atoms with Gasteiger partial charge in [-0.3, -0.25) is 10.1 Å². The maximum atomic E-state index is 11.1. The summed E-state index contributed by atoms with van der Waals surface area (Å²) >= 11 is 0. The molecule has 0 spiro atoms. The van der Waals surface area contributed by atoms with Gasteiger partial charge in [0.2, 0.25) is 0 Å². The fraction of sp³-hybridized carbons (Fsp3) is 0.571. The van der Waals surface area contributed by atoms with Crippen LogP contribution in [-0.2, 0) is 0 Å². The maximum Gasteiger partial charge on any atom is 0.314 e. The van der Waals surface area contributed by atoms with Gasteiger partial charge in [0.15, 0.2) is 0 Å². The van der Waals surface area contributed by atoms with Gasteiger partial charge in [0, 0.05) is 6.54 Å². The molecular formula is C14H22N4O2. The van der Waals surface area contributed by atoms with Gasteiger partial charge >= 0.3 is 5.69 Å². The molecule has 1 aliphatic rings. The average Bonchev–Trinajstić information content (AvgIpc) is 2.40. The molecule has 20 heavy (non-hydrogen) atoms. The molecule has 1 heterocycles. The van der Waals surface area contributed by atoms with E-state index in [1.165, 1.54) is 0 Å². The number of nitrogens with two attached hydrogens (primary N) is 1. The summed E-state index contributed by atoms with van der Waals surface area (Å²) in [6.45, 7) is 5.09. The molecule has 0 bridgehead atoms. The average molecular weight is 278 g/mol. The lowest BCUT2D eigenvalue weighted by atomic mass is 9.80. The van der Waals surface area contributed by atoms with Crippen LogP contribution in [0.3, 0.4) is 0 Å². The van der Waals surface area contributed by atoms with Gasteiger partial charge in [-0.1, -0.05) is 13.0 Å². The van der Waals surface area contributed by atoms with Gasteiger partial charge in [0.05, 0.1) is 4.92 Å². The second kappa shape index (κ2) is 5.66. The van der Waals surface area contributed by atoms with E-state index >= 15 is 0 Å². The number of benzene rings is 1. The summed E-state index contributed by atoms with van der Waals surface area (Å²) in [4.78, 5) is 13.0. The van der Waals surface area contributed by atoms with Crippen molar-refractivity contribution < 1.29 is 4.92 Å². The molecule has 0 radical (unpaired) electrons. The van der Waals surface area contributed by atoms with Crippen LogP contribution in [0.25, 0.3) is 0 Å². The minimum absolute atomic E-state index is 0.0240. The summed E-state index contributed by atoms with van der Waals surface area (Å²) in [5, 5.41) is 14.3. The number of nitrogens with one attached hydrogen (secondary N) is 1. The summed E-state index contributed by atoms with van der Waals surface area (Å²) in [6, 6.07) is 5.01. The number of nitro benzene ring substituents is 1. The van der Waals surface area contributed by atoms with Gasteiger partial charge in [-0.25, -0.2) is 0 Å². The summed E-state index contributed by atoms with van der Waals surface area (Å²) < 4.78 is 0. The van der Waals surface area contributed by atoms with Crippen LogP contribution >= 0.6 is 0 Å². The van der Waals surface area contributed by atoms with E-state index in [0.29, 0.717) is 5.69 Å². The quantitative estimate of drug-likeness (QED) is 0.501. The highest BCUT2D eigenvalue weighted by Crippen LogP contribution is 2.34. The van der Waals surface area contributed by atoms with E-state index < -0.39 is 4.92 Å². The van der Waals surface area contributed by atoms with Gasteiger partial charge in [-0.05, 0) is 50.5 Å². The Morgan fingerprint density at radius 3 is 2.70 bits per heavy atom. The molecule has 1 fully saturated rings. The molecule has 2 rings (SSSR count). The van der Waals surface area contributed by atoms with E-state index in [9.17, 15) is 10.1 Å². The van der Waals surface area contributed by atoms with Crippen molar-refractivity contribution in [1.82, 2.24) is 4.90 Å². The maximum absolute atomic E-state index is 11.1. The van der Waals surface area contributed by atoms with Crippen LogP contribution in [0.5, 0.6) is 0 Å². The van der Waals surface area contributed by atoms with Crippen molar-refractivity contribution in [2.75, 3.05) is 37.7 Å². The molecule has 0 saturated carbocycles. The van der Waals surface area contributed by atoms with Gasteiger partial charge in [-0.15, -0.1) is 0 Å². The fourth-order valence-corrected chi connectivity index (χ4v) is 2.55. The third-order valence-electron chi connectivity index (χ3n) is 4.15. The van der Waals surface area contributed by atoms with E-state index in [4.69, 9.17) is 5.73 Å². The molecule has 1 saturated heterocycles. The minimum atomic E-state index is -0.422. The second-order valence-corrected chi connectivity index (χ2v) is 5.97. The molecule has 6 nitrogen and oxygen atoms in total. The van der Waals surface area contributed by atoms with Crippen LogP contribution in [0.1, 0.15) is 19.8 Å². The number of nitro groups is 1. The number of piperidine rings is 1. The van der Waals surface area contributed by atoms with Crippen molar-refractivity contribution in [1.29, 1.82) is 0 Å². The number of nitrogens with zero attached hydrogens (tertiary/aromatic N) is 2. The summed E-state index contributed by atoms with van der Waals surface area (Å²) in [7, 11) is 2.12. The van der Waals surface area contributed by atoms with Gasteiger partial charge in [0.1, 0.15) is 11.4 Å². The first kappa shape index (κ1) is 14.6. The Morgan fingerprint density at radius 2 is 2.10 bits per heavy atom. The summed E-state index contributed by atoms with van der Waals surface area (Å²) in [5.41, 5.74) is 6.55. The standard InChI is InChI=1S/C14H22N4O2/c1-14(6-8-17(2)9-7-14)10-16-12-5-3-4-11(15)13(12)18(19)20/h3-5,16H,6-10,15H2,1-2H3. The third-order valence-corrected chi connectivity index (χ3v) is 4.15. The normalized spacial score (nSPS) is 18.7. The first-order valence-electron chi connectivity index (χ1n) is 6.87. The van der Waals surface area contributed by atoms with Gasteiger partial charge in [0.25, 0.3) is 0 Å². The predicted molar refractivity (Wildman–Crippen MR) is 80.8 cm³/mol. The highest BCUT2D eigenvalue weighted by Gasteiger charge is 2.29. The van der Waals surface area contributed by atoms with Crippen molar-refractivity contribution in [3.05, 3.63) is 28.3 Å². The number of nitrogen functional groups attached to an aromatic ring is 1. The zero-order valence-corrected chi connectivity index (χ0v) is 12.1. The molecule has 0 atom stereocenters. The molecule has 0 unspecified atom stereocenters. The Balaban J connectivity index is 2.08. The molecule has 3 N–H and O–H groups in total. The number of para-hydroxylation sites is 1. The molecule has 0 aliphatic carbocycles.